The second-order valence-electron chi connectivity index (χ2n) is 5.43. The number of hydrogen-bond acceptors (Lipinski definition) is 5. The van der Waals surface area contributed by atoms with Crippen molar-refractivity contribution in [2.24, 2.45) is 5.92 Å². The lowest BCUT2D eigenvalue weighted by atomic mass is 9.82. The van der Waals surface area contributed by atoms with Gasteiger partial charge in [0.05, 0.1) is 6.10 Å². The van der Waals surface area contributed by atoms with Crippen LogP contribution >= 0.6 is 11.8 Å². The van der Waals surface area contributed by atoms with Gasteiger partial charge in [0.25, 0.3) is 0 Å². The molecule has 4 nitrogen and oxygen atoms in total. The van der Waals surface area contributed by atoms with Crippen molar-refractivity contribution in [1.29, 1.82) is 0 Å². The van der Waals surface area contributed by atoms with Gasteiger partial charge in [-0.2, -0.15) is 0 Å². The summed E-state index contributed by atoms with van der Waals surface area (Å²) in [4.78, 5) is 1.23. The highest BCUT2D eigenvalue weighted by Gasteiger charge is 2.26. The molecule has 5 heteroatoms. The van der Waals surface area contributed by atoms with Gasteiger partial charge in [-0.25, -0.2) is 0 Å². The summed E-state index contributed by atoms with van der Waals surface area (Å²) in [6, 6.07) is 4.16. The van der Waals surface area contributed by atoms with Crippen LogP contribution in [0, 0.1) is 5.92 Å². The Morgan fingerprint density at radius 3 is 2.60 bits per heavy atom. The lowest BCUT2D eigenvalue weighted by Crippen LogP contribution is -2.35. The second kappa shape index (κ2) is 6.24. The molecule has 0 aromatic heterocycles. The smallest absolute Gasteiger partial charge is 0.162 e. The number of rotatable bonds is 5. The second-order valence-corrected chi connectivity index (χ2v) is 6.28. The molecule has 1 heterocycles. The summed E-state index contributed by atoms with van der Waals surface area (Å²) in [7, 11) is 0. The molecule has 1 aliphatic heterocycles. The molecule has 1 aliphatic carbocycles. The van der Waals surface area contributed by atoms with E-state index in [0.29, 0.717) is 19.1 Å². The van der Waals surface area contributed by atoms with Crippen molar-refractivity contribution in [2.45, 2.75) is 30.4 Å². The first-order valence-corrected chi connectivity index (χ1v) is 8.34. The molecular weight excluding hydrogens is 274 g/mol. The van der Waals surface area contributed by atoms with Gasteiger partial charge in [0.1, 0.15) is 13.2 Å². The Balaban J connectivity index is 1.62. The lowest BCUT2D eigenvalue weighted by Gasteiger charge is -2.31. The summed E-state index contributed by atoms with van der Waals surface area (Å²) in [5.41, 5.74) is 1.25. The topological polar surface area (TPSA) is 50.7 Å². The van der Waals surface area contributed by atoms with E-state index in [4.69, 9.17) is 9.47 Å². The summed E-state index contributed by atoms with van der Waals surface area (Å²) >= 11 is 1.73. The third kappa shape index (κ3) is 3.05. The minimum absolute atomic E-state index is 0.0714. The monoisotopic (exact) mass is 295 g/mol. The van der Waals surface area contributed by atoms with Crippen molar-refractivity contribution in [1.82, 2.24) is 5.32 Å². The maximum atomic E-state index is 9.29. The molecule has 0 radical (unpaired) electrons. The van der Waals surface area contributed by atoms with E-state index in [-0.39, 0.29) is 6.10 Å². The highest BCUT2D eigenvalue weighted by molar-refractivity contribution is 7.98. The van der Waals surface area contributed by atoms with Crippen LogP contribution in [-0.2, 0) is 6.54 Å². The highest BCUT2D eigenvalue weighted by Crippen LogP contribution is 2.36. The summed E-state index contributed by atoms with van der Waals surface area (Å²) < 4.78 is 11.3. The first-order chi connectivity index (χ1) is 9.76. The van der Waals surface area contributed by atoms with Gasteiger partial charge in [0.15, 0.2) is 11.5 Å². The summed E-state index contributed by atoms with van der Waals surface area (Å²) in [6.07, 6.45) is 3.88. The number of nitrogens with one attached hydrogen (secondary N) is 1. The average Bonchev–Trinajstić information content (AvgIpc) is 2.44. The Morgan fingerprint density at radius 1 is 1.25 bits per heavy atom. The molecule has 1 aromatic rings. The minimum Gasteiger partial charge on any atom is -0.486 e. The van der Waals surface area contributed by atoms with Crippen LogP contribution in [0.1, 0.15) is 18.4 Å². The molecule has 1 aromatic carbocycles. The van der Waals surface area contributed by atoms with Crippen LogP contribution in [0.4, 0.5) is 0 Å². The number of ether oxygens (including phenoxy) is 2. The van der Waals surface area contributed by atoms with Crippen LogP contribution in [0.5, 0.6) is 11.5 Å². The first kappa shape index (κ1) is 14.0. The van der Waals surface area contributed by atoms with Crippen LogP contribution in [0.3, 0.4) is 0 Å². The van der Waals surface area contributed by atoms with Gasteiger partial charge in [0, 0.05) is 11.4 Å². The first-order valence-electron chi connectivity index (χ1n) is 7.11. The molecule has 2 N–H and O–H groups in total. The van der Waals surface area contributed by atoms with E-state index in [9.17, 15) is 5.11 Å². The normalized spacial score (nSPS) is 24.3. The number of fused-ring (bicyclic) bond motifs is 1. The maximum Gasteiger partial charge on any atom is 0.162 e. The summed E-state index contributed by atoms with van der Waals surface area (Å²) in [5, 5.41) is 12.8. The SMILES string of the molecule is CSc1cc2c(cc1CNCC1CC(O)C1)OCCO2. The van der Waals surface area contributed by atoms with Gasteiger partial charge in [-0.3, -0.25) is 0 Å². The fraction of sp³-hybridized carbons (Fsp3) is 0.600. The van der Waals surface area contributed by atoms with Crippen molar-refractivity contribution in [3.63, 3.8) is 0 Å². The number of benzene rings is 1. The van der Waals surface area contributed by atoms with Gasteiger partial charge >= 0.3 is 0 Å². The van der Waals surface area contributed by atoms with Gasteiger partial charge < -0.3 is 19.9 Å². The molecule has 2 aliphatic rings. The summed E-state index contributed by atoms with van der Waals surface area (Å²) in [5.74, 6) is 2.33. The zero-order valence-electron chi connectivity index (χ0n) is 11.7. The van der Waals surface area contributed by atoms with E-state index in [1.54, 1.807) is 11.8 Å². The van der Waals surface area contributed by atoms with Gasteiger partial charge in [-0.05, 0) is 49.3 Å². The molecule has 0 atom stereocenters. The minimum atomic E-state index is -0.0714. The predicted molar refractivity (Wildman–Crippen MR) is 79.7 cm³/mol. The number of hydrogen-bond donors (Lipinski definition) is 2. The Kier molecular flexibility index (Phi) is 4.38. The molecule has 0 bridgehead atoms. The Hall–Kier alpha value is -0.910. The van der Waals surface area contributed by atoms with Gasteiger partial charge in [-0.1, -0.05) is 0 Å². The van der Waals surface area contributed by atoms with E-state index in [0.717, 1.165) is 37.4 Å². The molecule has 0 saturated heterocycles. The van der Waals surface area contributed by atoms with Crippen LogP contribution in [0.25, 0.3) is 0 Å². The van der Waals surface area contributed by atoms with Crippen molar-refractivity contribution >= 4 is 11.8 Å². The quantitative estimate of drug-likeness (QED) is 0.814. The van der Waals surface area contributed by atoms with Crippen LogP contribution in [0.15, 0.2) is 17.0 Å². The zero-order chi connectivity index (χ0) is 13.9. The molecule has 3 rings (SSSR count). The van der Waals surface area contributed by atoms with Crippen molar-refractivity contribution in [3.8, 4) is 11.5 Å². The van der Waals surface area contributed by atoms with E-state index in [1.807, 2.05) is 0 Å². The van der Waals surface area contributed by atoms with E-state index < -0.39 is 0 Å². The third-order valence-electron chi connectivity index (χ3n) is 3.90. The Morgan fingerprint density at radius 2 is 1.95 bits per heavy atom. The lowest BCUT2D eigenvalue weighted by molar-refractivity contribution is 0.0429. The van der Waals surface area contributed by atoms with Gasteiger partial charge in [-0.15, -0.1) is 11.8 Å². The zero-order valence-corrected chi connectivity index (χ0v) is 12.5. The fourth-order valence-corrected chi connectivity index (χ4v) is 3.34. The predicted octanol–water partition coefficient (Wildman–Crippen LogP) is 2.04. The molecule has 20 heavy (non-hydrogen) atoms. The maximum absolute atomic E-state index is 9.29. The third-order valence-corrected chi connectivity index (χ3v) is 4.72. The highest BCUT2D eigenvalue weighted by atomic mass is 32.2. The van der Waals surface area contributed by atoms with Crippen LogP contribution < -0.4 is 14.8 Å². The van der Waals surface area contributed by atoms with Gasteiger partial charge in [0.2, 0.25) is 0 Å². The van der Waals surface area contributed by atoms with Crippen molar-refractivity contribution in [2.75, 3.05) is 26.0 Å². The van der Waals surface area contributed by atoms with Crippen LogP contribution in [0.2, 0.25) is 0 Å². The number of aliphatic hydroxyl groups is 1. The number of thioether (sulfide) groups is 1. The van der Waals surface area contributed by atoms with Crippen LogP contribution in [-0.4, -0.2) is 37.2 Å². The Labute approximate surface area is 123 Å². The van der Waals surface area contributed by atoms with E-state index in [1.165, 1.54) is 10.5 Å². The fourth-order valence-electron chi connectivity index (χ4n) is 2.72. The molecule has 0 amide bonds. The average molecular weight is 295 g/mol. The molecular formula is C15H21NO3S. The largest absolute Gasteiger partial charge is 0.486 e. The molecule has 110 valence electrons. The Bertz CT molecular complexity index is 474. The van der Waals surface area contributed by atoms with E-state index in [2.05, 4.69) is 23.7 Å². The van der Waals surface area contributed by atoms with Crippen molar-refractivity contribution < 1.29 is 14.6 Å². The molecule has 1 saturated carbocycles. The van der Waals surface area contributed by atoms with E-state index >= 15 is 0 Å². The standard InChI is InChI=1S/C15H21NO3S/c1-20-15-7-14-13(18-2-3-19-14)6-11(15)9-16-8-10-4-12(17)5-10/h6-7,10,12,16-17H,2-5,8-9H2,1H3. The molecule has 0 spiro atoms. The number of aliphatic hydroxyl groups excluding tert-OH is 1. The summed E-state index contributed by atoms with van der Waals surface area (Å²) in [6.45, 7) is 3.06. The molecule has 1 fully saturated rings. The molecule has 0 unspecified atom stereocenters. The van der Waals surface area contributed by atoms with Crippen molar-refractivity contribution in [3.05, 3.63) is 17.7 Å².